The van der Waals surface area contributed by atoms with Crippen molar-refractivity contribution in [3.05, 3.63) is 34.7 Å². The summed E-state index contributed by atoms with van der Waals surface area (Å²) < 4.78 is 2.96. The number of aliphatic carboxylic acids is 1. The molecule has 0 aliphatic carbocycles. The molecule has 0 saturated heterocycles. The van der Waals surface area contributed by atoms with E-state index in [0.29, 0.717) is 19.5 Å². The average molecular weight is 340 g/mol. The van der Waals surface area contributed by atoms with Gasteiger partial charge in [-0.3, -0.25) is 4.79 Å². The molecule has 0 saturated carbocycles. The molecule has 0 aliphatic heterocycles. The van der Waals surface area contributed by atoms with Crippen LogP contribution in [-0.4, -0.2) is 27.0 Å². The topological polar surface area (TPSA) is 66.6 Å². The molecule has 2 heterocycles. The van der Waals surface area contributed by atoms with Crippen molar-refractivity contribution in [1.29, 1.82) is 0 Å². The summed E-state index contributed by atoms with van der Waals surface area (Å²) in [6.07, 6.45) is 4.50. The third kappa shape index (κ3) is 3.58. The molecule has 0 radical (unpaired) electrons. The Morgan fingerprint density at radius 2 is 2.30 bits per heavy atom. The van der Waals surface area contributed by atoms with Crippen LogP contribution in [0.25, 0.3) is 5.65 Å². The molecule has 2 rings (SSSR count). The van der Waals surface area contributed by atoms with E-state index in [0.717, 1.165) is 15.8 Å². The van der Waals surface area contributed by atoms with Crippen LogP contribution in [0.3, 0.4) is 0 Å². The highest BCUT2D eigenvalue weighted by molar-refractivity contribution is 9.10. The van der Waals surface area contributed by atoms with E-state index in [9.17, 15) is 4.79 Å². The number of imidazole rings is 1. The van der Waals surface area contributed by atoms with Crippen molar-refractivity contribution in [3.63, 3.8) is 0 Å². The average Bonchev–Trinajstić information content (AvgIpc) is 2.76. The zero-order chi connectivity index (χ0) is 14.8. The summed E-state index contributed by atoms with van der Waals surface area (Å²) in [6, 6.07) is 3.91. The Kier molecular flexibility index (Phi) is 4.45. The minimum atomic E-state index is -0.767. The number of carboxylic acids is 1. The van der Waals surface area contributed by atoms with Crippen LogP contribution in [0.15, 0.2) is 29.0 Å². The van der Waals surface area contributed by atoms with E-state index < -0.39 is 11.4 Å². The van der Waals surface area contributed by atoms with E-state index in [1.165, 1.54) is 0 Å². The minimum Gasteiger partial charge on any atom is -0.481 e. The van der Waals surface area contributed by atoms with Crippen molar-refractivity contribution < 1.29 is 9.90 Å². The van der Waals surface area contributed by atoms with Crippen LogP contribution in [0.1, 0.15) is 26.0 Å². The molecule has 2 aromatic heterocycles. The van der Waals surface area contributed by atoms with Gasteiger partial charge in [-0.05, 0) is 38.9 Å². The molecular formula is C14H18BrN3O2. The Labute approximate surface area is 126 Å². The summed E-state index contributed by atoms with van der Waals surface area (Å²) in [7, 11) is 0. The van der Waals surface area contributed by atoms with Crippen molar-refractivity contribution in [2.75, 3.05) is 6.54 Å². The molecule has 6 heteroatoms. The van der Waals surface area contributed by atoms with Gasteiger partial charge in [0.1, 0.15) is 5.65 Å². The van der Waals surface area contributed by atoms with Crippen LogP contribution < -0.4 is 5.32 Å². The molecule has 0 unspecified atom stereocenters. The first-order valence-corrected chi connectivity index (χ1v) is 7.25. The van der Waals surface area contributed by atoms with E-state index in [2.05, 4.69) is 26.2 Å². The van der Waals surface area contributed by atoms with Crippen LogP contribution >= 0.6 is 15.9 Å². The van der Waals surface area contributed by atoms with Gasteiger partial charge in [0.2, 0.25) is 0 Å². The van der Waals surface area contributed by atoms with E-state index in [4.69, 9.17) is 5.11 Å². The maximum atomic E-state index is 11.0. The van der Waals surface area contributed by atoms with Gasteiger partial charge in [0, 0.05) is 23.4 Å². The summed E-state index contributed by atoms with van der Waals surface area (Å²) >= 11 is 3.42. The second-order valence-corrected chi connectivity index (χ2v) is 6.37. The van der Waals surface area contributed by atoms with Crippen molar-refractivity contribution >= 4 is 27.5 Å². The van der Waals surface area contributed by atoms with Crippen molar-refractivity contribution in [2.45, 2.75) is 26.8 Å². The number of halogens is 1. The lowest BCUT2D eigenvalue weighted by atomic mass is 9.90. The molecule has 0 fully saturated rings. The van der Waals surface area contributed by atoms with Gasteiger partial charge in [0.05, 0.1) is 11.1 Å². The number of hydrogen-bond acceptors (Lipinski definition) is 3. The molecule has 5 nitrogen and oxygen atoms in total. The Hall–Kier alpha value is -1.40. The number of aromatic nitrogens is 2. The number of pyridine rings is 1. The second kappa shape index (κ2) is 5.93. The van der Waals surface area contributed by atoms with Crippen molar-refractivity contribution in [2.24, 2.45) is 5.41 Å². The Bertz CT molecular complexity index is 622. The summed E-state index contributed by atoms with van der Waals surface area (Å²) in [5, 5.41) is 12.3. The van der Waals surface area contributed by atoms with Gasteiger partial charge in [0.15, 0.2) is 0 Å². The number of nitrogens with one attached hydrogen (secondary N) is 1. The van der Waals surface area contributed by atoms with Crippen LogP contribution in [0, 0.1) is 5.41 Å². The standard InChI is InChI=1S/C14H18BrN3O2/c1-14(2,13(19)20)4-5-16-8-11-9-18-6-3-10(15)7-12(18)17-11/h3,6-7,9,16H,4-5,8H2,1-2H3,(H,19,20). The minimum absolute atomic E-state index is 0.585. The maximum Gasteiger partial charge on any atom is 0.309 e. The molecule has 108 valence electrons. The van der Waals surface area contributed by atoms with Crippen molar-refractivity contribution in [3.8, 4) is 0 Å². The number of carboxylic acid groups (broad SMARTS) is 1. The maximum absolute atomic E-state index is 11.0. The van der Waals surface area contributed by atoms with Crippen molar-refractivity contribution in [1.82, 2.24) is 14.7 Å². The van der Waals surface area contributed by atoms with E-state index in [-0.39, 0.29) is 0 Å². The van der Waals surface area contributed by atoms with E-state index >= 15 is 0 Å². The first-order chi connectivity index (χ1) is 9.38. The highest BCUT2D eigenvalue weighted by Gasteiger charge is 2.26. The fourth-order valence-corrected chi connectivity index (χ4v) is 2.14. The number of carbonyl (C=O) groups is 1. The van der Waals surface area contributed by atoms with Gasteiger partial charge in [-0.2, -0.15) is 0 Å². The van der Waals surface area contributed by atoms with Crippen LogP contribution in [0.4, 0.5) is 0 Å². The number of nitrogens with zero attached hydrogens (tertiary/aromatic N) is 2. The van der Waals surface area contributed by atoms with Gasteiger partial charge in [-0.1, -0.05) is 15.9 Å². The zero-order valence-electron chi connectivity index (χ0n) is 11.6. The molecule has 20 heavy (non-hydrogen) atoms. The molecule has 0 aliphatic rings. The molecule has 0 amide bonds. The third-order valence-electron chi connectivity index (χ3n) is 3.28. The van der Waals surface area contributed by atoms with Crippen LogP contribution in [0.2, 0.25) is 0 Å². The first kappa shape index (κ1) is 15.0. The second-order valence-electron chi connectivity index (χ2n) is 5.46. The molecule has 0 bridgehead atoms. The highest BCUT2D eigenvalue weighted by Crippen LogP contribution is 2.19. The fraction of sp³-hybridized carbons (Fsp3) is 0.429. The lowest BCUT2D eigenvalue weighted by Gasteiger charge is -2.18. The third-order valence-corrected chi connectivity index (χ3v) is 3.78. The summed E-state index contributed by atoms with van der Waals surface area (Å²) in [6.45, 7) is 4.75. The SMILES string of the molecule is CC(C)(CCNCc1cn2ccc(Br)cc2n1)C(=O)O. The number of fused-ring (bicyclic) bond motifs is 1. The largest absolute Gasteiger partial charge is 0.481 e. The summed E-state index contributed by atoms with van der Waals surface area (Å²) in [5.74, 6) is -0.767. The number of hydrogen-bond donors (Lipinski definition) is 2. The Morgan fingerprint density at radius 3 is 3.00 bits per heavy atom. The Morgan fingerprint density at radius 1 is 1.55 bits per heavy atom. The van der Waals surface area contributed by atoms with Gasteiger partial charge >= 0.3 is 5.97 Å². The molecular weight excluding hydrogens is 322 g/mol. The molecule has 0 atom stereocenters. The summed E-state index contributed by atoms with van der Waals surface area (Å²) in [4.78, 5) is 15.5. The zero-order valence-corrected chi connectivity index (χ0v) is 13.1. The quantitative estimate of drug-likeness (QED) is 0.794. The monoisotopic (exact) mass is 339 g/mol. The molecule has 2 N–H and O–H groups in total. The van der Waals surface area contributed by atoms with E-state index in [1.807, 2.05) is 28.9 Å². The van der Waals surface area contributed by atoms with E-state index in [1.54, 1.807) is 13.8 Å². The van der Waals surface area contributed by atoms with Gasteiger partial charge in [0.25, 0.3) is 0 Å². The predicted octanol–water partition coefficient (Wildman–Crippen LogP) is 2.69. The molecule has 0 aromatic carbocycles. The Balaban J connectivity index is 1.89. The first-order valence-electron chi connectivity index (χ1n) is 6.46. The smallest absolute Gasteiger partial charge is 0.309 e. The van der Waals surface area contributed by atoms with Gasteiger partial charge < -0.3 is 14.8 Å². The van der Waals surface area contributed by atoms with Crippen LogP contribution in [0.5, 0.6) is 0 Å². The van der Waals surface area contributed by atoms with Crippen LogP contribution in [-0.2, 0) is 11.3 Å². The molecule has 0 spiro atoms. The highest BCUT2D eigenvalue weighted by atomic mass is 79.9. The summed E-state index contributed by atoms with van der Waals surface area (Å²) in [5.41, 5.74) is 1.13. The normalized spacial score (nSPS) is 11.9. The lowest BCUT2D eigenvalue weighted by Crippen LogP contribution is -2.28. The fourth-order valence-electron chi connectivity index (χ4n) is 1.82. The van der Waals surface area contributed by atoms with Gasteiger partial charge in [-0.25, -0.2) is 4.98 Å². The van der Waals surface area contributed by atoms with Gasteiger partial charge in [-0.15, -0.1) is 0 Å². The molecule has 2 aromatic rings. The lowest BCUT2D eigenvalue weighted by molar-refractivity contribution is -0.147. The number of rotatable bonds is 6. The predicted molar refractivity (Wildman–Crippen MR) is 80.6 cm³/mol.